The SMILES string of the molecule is COc1c(N)cccc1C(=O)c1cc(C)c(Cl)cc1C. The summed E-state index contributed by atoms with van der Waals surface area (Å²) in [7, 11) is 1.50. The van der Waals surface area contributed by atoms with Gasteiger partial charge in [-0.3, -0.25) is 4.79 Å². The fraction of sp³-hybridized carbons (Fsp3) is 0.188. The Morgan fingerprint density at radius 3 is 2.50 bits per heavy atom. The van der Waals surface area contributed by atoms with E-state index in [9.17, 15) is 4.79 Å². The highest BCUT2D eigenvalue weighted by atomic mass is 35.5. The molecule has 0 atom stereocenters. The number of benzene rings is 2. The molecule has 0 spiro atoms. The molecule has 2 aromatic carbocycles. The minimum Gasteiger partial charge on any atom is -0.494 e. The number of hydrogen-bond acceptors (Lipinski definition) is 3. The lowest BCUT2D eigenvalue weighted by molar-refractivity contribution is 0.103. The number of hydrogen-bond donors (Lipinski definition) is 1. The monoisotopic (exact) mass is 289 g/mol. The summed E-state index contributed by atoms with van der Waals surface area (Å²) in [6, 6.07) is 8.74. The van der Waals surface area contributed by atoms with Crippen molar-refractivity contribution in [1.82, 2.24) is 0 Å². The highest BCUT2D eigenvalue weighted by molar-refractivity contribution is 6.31. The van der Waals surface area contributed by atoms with E-state index in [0.29, 0.717) is 27.6 Å². The summed E-state index contributed by atoms with van der Waals surface area (Å²) in [5, 5.41) is 0.651. The van der Waals surface area contributed by atoms with Gasteiger partial charge < -0.3 is 10.5 Å². The Balaban J connectivity index is 2.58. The molecule has 0 aliphatic heterocycles. The van der Waals surface area contributed by atoms with Crippen LogP contribution in [0.25, 0.3) is 0 Å². The van der Waals surface area contributed by atoms with E-state index >= 15 is 0 Å². The molecule has 20 heavy (non-hydrogen) atoms. The van der Waals surface area contributed by atoms with E-state index in [0.717, 1.165) is 11.1 Å². The number of para-hydroxylation sites is 1. The topological polar surface area (TPSA) is 52.3 Å². The number of halogens is 1. The third kappa shape index (κ3) is 2.49. The summed E-state index contributed by atoms with van der Waals surface area (Å²) in [6.45, 7) is 3.73. The Kier molecular flexibility index (Phi) is 4.00. The second-order valence-corrected chi connectivity index (χ2v) is 5.08. The molecule has 0 bridgehead atoms. The van der Waals surface area contributed by atoms with E-state index < -0.39 is 0 Å². The number of aryl methyl sites for hydroxylation is 2. The maximum absolute atomic E-state index is 12.7. The van der Waals surface area contributed by atoms with Gasteiger partial charge in [-0.25, -0.2) is 0 Å². The van der Waals surface area contributed by atoms with Crippen molar-refractivity contribution in [3.8, 4) is 5.75 Å². The molecular weight excluding hydrogens is 274 g/mol. The van der Waals surface area contributed by atoms with Crippen LogP contribution in [-0.2, 0) is 0 Å². The number of nitrogen functional groups attached to an aromatic ring is 1. The van der Waals surface area contributed by atoms with Gasteiger partial charge in [0.05, 0.1) is 18.4 Å². The zero-order valence-electron chi connectivity index (χ0n) is 11.7. The van der Waals surface area contributed by atoms with Gasteiger partial charge in [0.15, 0.2) is 11.5 Å². The first kappa shape index (κ1) is 14.4. The predicted molar refractivity (Wildman–Crippen MR) is 81.8 cm³/mol. The van der Waals surface area contributed by atoms with Gasteiger partial charge in [-0.05, 0) is 49.2 Å². The van der Waals surface area contributed by atoms with Crippen LogP contribution in [0.3, 0.4) is 0 Å². The summed E-state index contributed by atoms with van der Waals surface area (Å²) in [4.78, 5) is 12.7. The van der Waals surface area contributed by atoms with Crippen molar-refractivity contribution in [2.75, 3.05) is 12.8 Å². The summed E-state index contributed by atoms with van der Waals surface area (Å²) in [5.74, 6) is 0.288. The number of ketones is 1. The van der Waals surface area contributed by atoms with Gasteiger partial charge in [-0.1, -0.05) is 17.7 Å². The van der Waals surface area contributed by atoms with E-state index in [2.05, 4.69) is 0 Å². The molecule has 0 aliphatic carbocycles. The van der Waals surface area contributed by atoms with E-state index in [4.69, 9.17) is 22.1 Å². The van der Waals surface area contributed by atoms with E-state index in [1.54, 1.807) is 30.3 Å². The Hall–Kier alpha value is -2.00. The minimum atomic E-state index is -0.119. The van der Waals surface area contributed by atoms with Gasteiger partial charge in [0.25, 0.3) is 0 Å². The first-order valence-electron chi connectivity index (χ1n) is 6.19. The van der Waals surface area contributed by atoms with E-state index in [1.165, 1.54) is 7.11 Å². The number of carbonyl (C=O) groups excluding carboxylic acids is 1. The van der Waals surface area contributed by atoms with Gasteiger partial charge >= 0.3 is 0 Å². The molecule has 104 valence electrons. The molecule has 0 fully saturated rings. The summed E-state index contributed by atoms with van der Waals surface area (Å²) in [6.07, 6.45) is 0. The largest absolute Gasteiger partial charge is 0.494 e. The van der Waals surface area contributed by atoms with Crippen LogP contribution in [0.2, 0.25) is 5.02 Å². The van der Waals surface area contributed by atoms with Crippen molar-refractivity contribution in [3.63, 3.8) is 0 Å². The Labute approximate surface area is 123 Å². The lowest BCUT2D eigenvalue weighted by atomic mass is 9.96. The van der Waals surface area contributed by atoms with Crippen LogP contribution in [-0.4, -0.2) is 12.9 Å². The van der Waals surface area contributed by atoms with Crippen molar-refractivity contribution < 1.29 is 9.53 Å². The number of rotatable bonds is 3. The van der Waals surface area contributed by atoms with Gasteiger partial charge in [0.2, 0.25) is 0 Å². The van der Waals surface area contributed by atoms with Crippen molar-refractivity contribution in [1.29, 1.82) is 0 Å². The third-order valence-corrected chi connectivity index (χ3v) is 3.65. The van der Waals surface area contributed by atoms with Gasteiger partial charge in [0, 0.05) is 10.6 Å². The molecule has 4 heteroatoms. The van der Waals surface area contributed by atoms with Crippen LogP contribution >= 0.6 is 11.6 Å². The highest BCUT2D eigenvalue weighted by Crippen LogP contribution is 2.30. The molecule has 0 aliphatic rings. The summed E-state index contributed by atoms with van der Waals surface area (Å²) < 4.78 is 5.24. The molecule has 2 N–H and O–H groups in total. The fourth-order valence-corrected chi connectivity index (χ4v) is 2.35. The number of nitrogens with two attached hydrogens (primary N) is 1. The smallest absolute Gasteiger partial charge is 0.197 e. The standard InChI is InChI=1S/C16H16ClNO2/c1-9-8-13(17)10(2)7-12(9)15(19)11-5-4-6-14(18)16(11)20-3/h4-8H,18H2,1-3H3. The molecular formula is C16H16ClNO2. The third-order valence-electron chi connectivity index (χ3n) is 3.24. The summed E-state index contributed by atoms with van der Waals surface area (Å²) >= 11 is 6.06. The minimum absolute atomic E-state index is 0.119. The molecule has 0 unspecified atom stereocenters. The van der Waals surface area contributed by atoms with Crippen molar-refractivity contribution in [2.45, 2.75) is 13.8 Å². The second kappa shape index (κ2) is 5.55. The molecule has 2 aromatic rings. The molecule has 2 rings (SSSR count). The first-order chi connectivity index (χ1) is 9.45. The van der Waals surface area contributed by atoms with Crippen molar-refractivity contribution in [2.24, 2.45) is 0 Å². The first-order valence-corrected chi connectivity index (χ1v) is 6.57. The van der Waals surface area contributed by atoms with Gasteiger partial charge in [0.1, 0.15) is 0 Å². The zero-order valence-corrected chi connectivity index (χ0v) is 12.4. The van der Waals surface area contributed by atoms with Crippen LogP contribution in [0.5, 0.6) is 5.75 Å². The van der Waals surface area contributed by atoms with Crippen LogP contribution in [0, 0.1) is 13.8 Å². The van der Waals surface area contributed by atoms with Gasteiger partial charge in [-0.2, -0.15) is 0 Å². The molecule has 0 amide bonds. The van der Waals surface area contributed by atoms with Crippen LogP contribution in [0.15, 0.2) is 30.3 Å². The van der Waals surface area contributed by atoms with E-state index in [1.807, 2.05) is 13.8 Å². The number of ether oxygens (including phenoxy) is 1. The molecule has 0 heterocycles. The van der Waals surface area contributed by atoms with Crippen molar-refractivity contribution in [3.05, 3.63) is 57.6 Å². The molecule has 0 radical (unpaired) electrons. The maximum Gasteiger partial charge on any atom is 0.197 e. The van der Waals surface area contributed by atoms with Crippen molar-refractivity contribution >= 4 is 23.1 Å². The molecule has 0 saturated carbocycles. The lowest BCUT2D eigenvalue weighted by Gasteiger charge is -2.12. The predicted octanol–water partition coefficient (Wildman–Crippen LogP) is 3.78. The Morgan fingerprint density at radius 2 is 1.85 bits per heavy atom. The number of carbonyl (C=O) groups is 1. The van der Waals surface area contributed by atoms with Gasteiger partial charge in [-0.15, -0.1) is 0 Å². The fourth-order valence-electron chi connectivity index (χ4n) is 2.13. The van der Waals surface area contributed by atoms with Crippen LogP contribution < -0.4 is 10.5 Å². The Morgan fingerprint density at radius 1 is 1.15 bits per heavy atom. The van der Waals surface area contributed by atoms with Crippen LogP contribution in [0.1, 0.15) is 27.0 Å². The molecule has 0 saturated heterocycles. The van der Waals surface area contributed by atoms with E-state index in [-0.39, 0.29) is 5.78 Å². The average molecular weight is 290 g/mol. The average Bonchev–Trinajstić information content (AvgIpc) is 2.41. The normalized spacial score (nSPS) is 10.4. The zero-order chi connectivity index (χ0) is 14.9. The number of methoxy groups -OCH3 is 1. The molecule has 3 nitrogen and oxygen atoms in total. The lowest BCUT2D eigenvalue weighted by Crippen LogP contribution is -2.08. The van der Waals surface area contributed by atoms with Crippen LogP contribution in [0.4, 0.5) is 5.69 Å². The maximum atomic E-state index is 12.7. The Bertz CT molecular complexity index is 680. The molecule has 0 aromatic heterocycles. The second-order valence-electron chi connectivity index (χ2n) is 4.67. The quantitative estimate of drug-likeness (QED) is 0.691. The summed E-state index contributed by atoms with van der Waals surface area (Å²) in [5.41, 5.74) is 9.04. The number of anilines is 1. The highest BCUT2D eigenvalue weighted by Gasteiger charge is 2.18.